The Balaban J connectivity index is 2.02. The summed E-state index contributed by atoms with van der Waals surface area (Å²) in [6.45, 7) is 3.74. The predicted octanol–water partition coefficient (Wildman–Crippen LogP) is 2.23. The molecule has 0 fully saturated rings. The zero-order chi connectivity index (χ0) is 15.2. The van der Waals surface area contributed by atoms with Gasteiger partial charge < -0.3 is 0 Å². The van der Waals surface area contributed by atoms with Gasteiger partial charge in [-0.1, -0.05) is 42.0 Å². The number of nitrogens with zero attached hydrogens (tertiary/aromatic N) is 1. The molecule has 0 aromatic heterocycles. The van der Waals surface area contributed by atoms with Crippen LogP contribution in [-0.4, -0.2) is 17.9 Å². The van der Waals surface area contributed by atoms with Gasteiger partial charge in [0.1, 0.15) is 0 Å². The highest BCUT2D eigenvalue weighted by Crippen LogP contribution is 2.11. The summed E-state index contributed by atoms with van der Waals surface area (Å²) in [6, 6.07) is 16.0. The normalized spacial score (nSPS) is 10.7. The van der Waals surface area contributed by atoms with Crippen LogP contribution >= 0.6 is 0 Å². The molecule has 0 aliphatic carbocycles. The van der Waals surface area contributed by atoms with Crippen molar-refractivity contribution in [2.24, 2.45) is 5.84 Å². The SMILES string of the molecule is Cc1cccc(CN(C)Cc2cccc(C(=O)NN)c2)c1. The van der Waals surface area contributed by atoms with Crippen molar-refractivity contribution < 1.29 is 4.79 Å². The van der Waals surface area contributed by atoms with Gasteiger partial charge in [-0.25, -0.2) is 5.84 Å². The summed E-state index contributed by atoms with van der Waals surface area (Å²) in [5.41, 5.74) is 6.38. The van der Waals surface area contributed by atoms with Gasteiger partial charge in [0.25, 0.3) is 5.91 Å². The lowest BCUT2D eigenvalue weighted by Gasteiger charge is -2.17. The third kappa shape index (κ3) is 4.41. The summed E-state index contributed by atoms with van der Waals surface area (Å²) in [5.74, 6) is 4.90. The van der Waals surface area contributed by atoms with E-state index in [0.717, 1.165) is 18.7 Å². The Morgan fingerprint density at radius 3 is 2.33 bits per heavy atom. The Labute approximate surface area is 125 Å². The van der Waals surface area contributed by atoms with Gasteiger partial charge in [-0.05, 0) is 37.2 Å². The largest absolute Gasteiger partial charge is 0.298 e. The first-order valence-electron chi connectivity index (χ1n) is 6.92. The third-order valence-corrected chi connectivity index (χ3v) is 3.31. The summed E-state index contributed by atoms with van der Waals surface area (Å²) in [6.07, 6.45) is 0. The number of benzene rings is 2. The molecule has 2 rings (SSSR count). The van der Waals surface area contributed by atoms with Crippen molar-refractivity contribution in [2.45, 2.75) is 20.0 Å². The standard InChI is InChI=1S/C17H21N3O/c1-13-5-3-6-14(9-13)11-20(2)12-15-7-4-8-16(10-15)17(21)19-18/h3-10H,11-12,18H2,1-2H3,(H,19,21). The Bertz CT molecular complexity index is 625. The highest BCUT2D eigenvalue weighted by Gasteiger charge is 2.06. The maximum Gasteiger partial charge on any atom is 0.265 e. The minimum absolute atomic E-state index is 0.266. The number of aryl methyl sites for hydroxylation is 1. The lowest BCUT2D eigenvalue weighted by atomic mass is 10.1. The molecule has 3 N–H and O–H groups in total. The van der Waals surface area contributed by atoms with E-state index in [-0.39, 0.29) is 5.91 Å². The topological polar surface area (TPSA) is 58.4 Å². The maximum atomic E-state index is 11.5. The smallest absolute Gasteiger partial charge is 0.265 e. The fraction of sp³-hybridized carbons (Fsp3) is 0.235. The van der Waals surface area contributed by atoms with Crippen molar-refractivity contribution in [1.29, 1.82) is 0 Å². The number of hydrazine groups is 1. The second kappa shape index (κ2) is 7.02. The fourth-order valence-electron chi connectivity index (χ4n) is 2.38. The molecule has 0 bridgehead atoms. The van der Waals surface area contributed by atoms with Crippen molar-refractivity contribution in [1.82, 2.24) is 10.3 Å². The molecule has 0 saturated carbocycles. The van der Waals surface area contributed by atoms with Crippen molar-refractivity contribution in [2.75, 3.05) is 7.05 Å². The zero-order valence-electron chi connectivity index (χ0n) is 12.5. The monoisotopic (exact) mass is 283 g/mol. The van der Waals surface area contributed by atoms with E-state index in [1.54, 1.807) is 6.07 Å². The van der Waals surface area contributed by atoms with Gasteiger partial charge in [0.15, 0.2) is 0 Å². The summed E-state index contributed by atoms with van der Waals surface area (Å²) >= 11 is 0. The van der Waals surface area contributed by atoms with E-state index in [9.17, 15) is 4.79 Å². The van der Waals surface area contributed by atoms with E-state index in [4.69, 9.17) is 5.84 Å². The second-order valence-electron chi connectivity index (χ2n) is 5.34. The van der Waals surface area contributed by atoms with Crippen LogP contribution in [0.1, 0.15) is 27.0 Å². The van der Waals surface area contributed by atoms with Gasteiger partial charge in [-0.15, -0.1) is 0 Å². The number of amides is 1. The van der Waals surface area contributed by atoms with Crippen LogP contribution in [0.3, 0.4) is 0 Å². The van der Waals surface area contributed by atoms with E-state index < -0.39 is 0 Å². The highest BCUT2D eigenvalue weighted by molar-refractivity contribution is 5.93. The van der Waals surface area contributed by atoms with Crippen LogP contribution in [0.25, 0.3) is 0 Å². The summed E-state index contributed by atoms with van der Waals surface area (Å²) < 4.78 is 0. The molecule has 2 aromatic rings. The first-order valence-corrected chi connectivity index (χ1v) is 6.92. The molecule has 0 aliphatic rings. The molecule has 4 nitrogen and oxygen atoms in total. The number of carbonyl (C=O) groups excluding carboxylic acids is 1. The molecule has 4 heteroatoms. The van der Waals surface area contributed by atoms with Crippen LogP contribution < -0.4 is 11.3 Å². The number of nitrogens with one attached hydrogen (secondary N) is 1. The Kier molecular flexibility index (Phi) is 5.09. The minimum atomic E-state index is -0.266. The first kappa shape index (κ1) is 15.2. The second-order valence-corrected chi connectivity index (χ2v) is 5.34. The molecular weight excluding hydrogens is 262 g/mol. The highest BCUT2D eigenvalue weighted by atomic mass is 16.2. The van der Waals surface area contributed by atoms with E-state index in [1.807, 2.05) is 18.2 Å². The maximum absolute atomic E-state index is 11.5. The minimum Gasteiger partial charge on any atom is -0.298 e. The summed E-state index contributed by atoms with van der Waals surface area (Å²) in [4.78, 5) is 13.7. The first-order chi connectivity index (χ1) is 10.1. The number of hydrogen-bond acceptors (Lipinski definition) is 3. The van der Waals surface area contributed by atoms with Crippen molar-refractivity contribution in [3.63, 3.8) is 0 Å². The average Bonchev–Trinajstić information content (AvgIpc) is 2.46. The number of hydrogen-bond donors (Lipinski definition) is 2. The average molecular weight is 283 g/mol. The molecule has 0 saturated heterocycles. The zero-order valence-corrected chi connectivity index (χ0v) is 12.5. The quantitative estimate of drug-likeness (QED) is 0.502. The summed E-state index contributed by atoms with van der Waals surface area (Å²) in [5, 5.41) is 0. The molecule has 2 aromatic carbocycles. The number of rotatable bonds is 5. The molecular formula is C17H21N3O. The van der Waals surface area contributed by atoms with E-state index >= 15 is 0 Å². The van der Waals surface area contributed by atoms with Crippen molar-refractivity contribution >= 4 is 5.91 Å². The van der Waals surface area contributed by atoms with Gasteiger partial charge in [-0.2, -0.15) is 0 Å². The molecule has 21 heavy (non-hydrogen) atoms. The van der Waals surface area contributed by atoms with Crippen molar-refractivity contribution in [3.05, 3.63) is 70.8 Å². The van der Waals surface area contributed by atoms with Gasteiger partial charge in [-0.3, -0.25) is 15.1 Å². The molecule has 0 unspecified atom stereocenters. The third-order valence-electron chi connectivity index (χ3n) is 3.31. The number of nitrogens with two attached hydrogens (primary N) is 1. The van der Waals surface area contributed by atoms with Crippen LogP contribution in [0.5, 0.6) is 0 Å². The van der Waals surface area contributed by atoms with Gasteiger partial charge in [0.2, 0.25) is 0 Å². The Morgan fingerprint density at radius 2 is 1.71 bits per heavy atom. The number of carbonyl (C=O) groups is 1. The Hall–Kier alpha value is -2.17. The summed E-state index contributed by atoms with van der Waals surface area (Å²) in [7, 11) is 2.07. The van der Waals surface area contributed by atoms with E-state index in [1.165, 1.54) is 11.1 Å². The van der Waals surface area contributed by atoms with Crippen LogP contribution in [-0.2, 0) is 13.1 Å². The Morgan fingerprint density at radius 1 is 1.10 bits per heavy atom. The van der Waals surface area contributed by atoms with Crippen LogP contribution in [0.4, 0.5) is 0 Å². The molecule has 0 heterocycles. The van der Waals surface area contributed by atoms with Gasteiger partial charge >= 0.3 is 0 Å². The van der Waals surface area contributed by atoms with E-state index in [0.29, 0.717) is 5.56 Å². The molecule has 0 spiro atoms. The van der Waals surface area contributed by atoms with Crippen LogP contribution in [0, 0.1) is 6.92 Å². The lowest BCUT2D eigenvalue weighted by Crippen LogP contribution is -2.30. The van der Waals surface area contributed by atoms with Crippen LogP contribution in [0.15, 0.2) is 48.5 Å². The molecule has 1 amide bonds. The number of nitrogen functional groups attached to an aromatic ring is 1. The molecule has 0 atom stereocenters. The van der Waals surface area contributed by atoms with Gasteiger partial charge in [0.05, 0.1) is 0 Å². The molecule has 110 valence electrons. The molecule has 0 radical (unpaired) electrons. The molecule has 0 aliphatic heterocycles. The van der Waals surface area contributed by atoms with E-state index in [2.05, 4.69) is 48.6 Å². The predicted molar refractivity (Wildman–Crippen MR) is 84.4 cm³/mol. The fourth-order valence-corrected chi connectivity index (χ4v) is 2.38. The van der Waals surface area contributed by atoms with Crippen LogP contribution in [0.2, 0.25) is 0 Å². The lowest BCUT2D eigenvalue weighted by molar-refractivity contribution is 0.0953. The van der Waals surface area contributed by atoms with Gasteiger partial charge in [0, 0.05) is 18.7 Å². The van der Waals surface area contributed by atoms with Crippen molar-refractivity contribution in [3.8, 4) is 0 Å².